The Kier molecular flexibility index (Phi) is 5.76. The van der Waals surface area contributed by atoms with Gasteiger partial charge in [-0.15, -0.1) is 0 Å². The Bertz CT molecular complexity index is 782. The predicted octanol–water partition coefficient (Wildman–Crippen LogP) is 3.62. The van der Waals surface area contributed by atoms with Crippen molar-refractivity contribution in [2.75, 3.05) is 13.1 Å². The molecule has 1 aliphatic rings. The molecule has 4 nitrogen and oxygen atoms in total. The van der Waals surface area contributed by atoms with Crippen LogP contribution in [0.2, 0.25) is 0 Å². The quantitative estimate of drug-likeness (QED) is 0.791. The molecule has 1 saturated heterocycles. The van der Waals surface area contributed by atoms with E-state index in [9.17, 15) is 8.42 Å². The van der Waals surface area contributed by atoms with Gasteiger partial charge in [0.2, 0.25) is 10.0 Å². The highest BCUT2D eigenvalue weighted by Gasteiger charge is 2.28. The van der Waals surface area contributed by atoms with Crippen LogP contribution in [-0.4, -0.2) is 31.9 Å². The van der Waals surface area contributed by atoms with Crippen LogP contribution in [0.25, 0.3) is 0 Å². The second-order valence-corrected chi connectivity index (χ2v) is 8.43. The van der Waals surface area contributed by atoms with E-state index in [1.54, 1.807) is 4.31 Å². The minimum absolute atomic E-state index is 0.0674. The van der Waals surface area contributed by atoms with E-state index in [1.165, 1.54) is 5.56 Å². The Labute approximate surface area is 150 Å². The van der Waals surface area contributed by atoms with Gasteiger partial charge in [0.05, 0.1) is 5.75 Å². The molecule has 0 amide bonds. The second-order valence-electron chi connectivity index (χ2n) is 6.46. The van der Waals surface area contributed by atoms with Crippen LogP contribution in [0, 0.1) is 0 Å². The van der Waals surface area contributed by atoms with Crippen molar-refractivity contribution >= 4 is 10.0 Å². The van der Waals surface area contributed by atoms with E-state index in [4.69, 9.17) is 4.74 Å². The number of aryl methyl sites for hydroxylation is 1. The molecule has 0 aliphatic carbocycles. The van der Waals surface area contributed by atoms with Crippen LogP contribution >= 0.6 is 0 Å². The van der Waals surface area contributed by atoms with Gasteiger partial charge in [0, 0.05) is 13.1 Å². The van der Waals surface area contributed by atoms with Crippen LogP contribution in [0.3, 0.4) is 0 Å². The first kappa shape index (κ1) is 18.0. The first-order chi connectivity index (χ1) is 12.1. The Balaban J connectivity index is 1.56. The molecule has 1 aliphatic heterocycles. The Hall–Kier alpha value is -1.85. The number of ether oxygens (including phenoxy) is 1. The fraction of sp³-hybridized carbons (Fsp3) is 0.400. The molecule has 0 bridgehead atoms. The minimum atomic E-state index is -3.27. The molecule has 5 heteroatoms. The first-order valence-corrected chi connectivity index (χ1v) is 10.4. The molecule has 25 heavy (non-hydrogen) atoms. The molecule has 0 N–H and O–H groups in total. The summed E-state index contributed by atoms with van der Waals surface area (Å²) in [6.45, 7) is 3.16. The van der Waals surface area contributed by atoms with Gasteiger partial charge >= 0.3 is 0 Å². The largest absolute Gasteiger partial charge is 0.490 e. The molecule has 1 fully saturated rings. The molecule has 2 aromatic rings. The van der Waals surface area contributed by atoms with Gasteiger partial charge < -0.3 is 4.74 Å². The zero-order chi connectivity index (χ0) is 17.7. The molecule has 1 heterocycles. The smallest absolute Gasteiger partial charge is 0.218 e. The molecule has 3 rings (SSSR count). The van der Waals surface area contributed by atoms with Crippen molar-refractivity contribution in [1.29, 1.82) is 0 Å². The fourth-order valence-electron chi connectivity index (χ4n) is 3.14. The Morgan fingerprint density at radius 1 is 1.00 bits per heavy atom. The Morgan fingerprint density at radius 3 is 2.36 bits per heavy atom. The van der Waals surface area contributed by atoms with Crippen molar-refractivity contribution in [3.8, 4) is 5.75 Å². The van der Waals surface area contributed by atoms with Gasteiger partial charge in [-0.3, -0.25) is 0 Å². The van der Waals surface area contributed by atoms with Crippen LogP contribution in [0.1, 0.15) is 30.9 Å². The third-order valence-electron chi connectivity index (χ3n) is 4.60. The average Bonchev–Trinajstić information content (AvgIpc) is 2.63. The van der Waals surface area contributed by atoms with Crippen molar-refractivity contribution in [2.24, 2.45) is 0 Å². The summed E-state index contributed by atoms with van der Waals surface area (Å²) < 4.78 is 32.8. The van der Waals surface area contributed by atoms with Gasteiger partial charge in [-0.1, -0.05) is 49.4 Å². The highest BCUT2D eigenvalue weighted by molar-refractivity contribution is 7.88. The van der Waals surface area contributed by atoms with E-state index in [0.29, 0.717) is 13.1 Å². The lowest BCUT2D eigenvalue weighted by atomic mass is 10.1. The van der Waals surface area contributed by atoms with Gasteiger partial charge in [-0.05, 0) is 42.5 Å². The first-order valence-electron chi connectivity index (χ1n) is 8.84. The van der Waals surface area contributed by atoms with Crippen LogP contribution < -0.4 is 4.74 Å². The topological polar surface area (TPSA) is 46.6 Å². The minimum Gasteiger partial charge on any atom is -0.490 e. The van der Waals surface area contributed by atoms with Gasteiger partial charge in [0.15, 0.2) is 0 Å². The van der Waals surface area contributed by atoms with Gasteiger partial charge in [-0.25, -0.2) is 12.7 Å². The number of sulfonamides is 1. The highest BCUT2D eigenvalue weighted by Crippen LogP contribution is 2.23. The van der Waals surface area contributed by atoms with Crippen molar-refractivity contribution in [3.05, 3.63) is 65.7 Å². The molecule has 0 saturated carbocycles. The maximum atomic E-state index is 12.6. The number of hydrogen-bond donors (Lipinski definition) is 0. The maximum absolute atomic E-state index is 12.6. The van der Waals surface area contributed by atoms with E-state index < -0.39 is 10.0 Å². The molecule has 134 valence electrons. The summed E-state index contributed by atoms with van der Waals surface area (Å²) in [4.78, 5) is 0. The van der Waals surface area contributed by atoms with E-state index in [0.717, 1.165) is 30.6 Å². The molecule has 0 atom stereocenters. The summed E-state index contributed by atoms with van der Waals surface area (Å²) in [6, 6.07) is 17.5. The molecular formula is C20H25NO3S. The van der Waals surface area contributed by atoms with E-state index in [-0.39, 0.29) is 11.9 Å². The van der Waals surface area contributed by atoms with Crippen LogP contribution in [0.15, 0.2) is 54.6 Å². The van der Waals surface area contributed by atoms with E-state index in [1.807, 2.05) is 42.5 Å². The molecule has 0 spiro atoms. The lowest BCUT2D eigenvalue weighted by Crippen LogP contribution is -2.42. The number of nitrogens with zero attached hydrogens (tertiary/aromatic N) is 1. The average molecular weight is 359 g/mol. The van der Waals surface area contributed by atoms with Crippen LogP contribution in [0.5, 0.6) is 5.75 Å². The monoisotopic (exact) mass is 359 g/mol. The zero-order valence-electron chi connectivity index (χ0n) is 14.6. The SMILES string of the molecule is CCc1cccc(OC2CCN(S(=O)(=O)Cc3ccccc3)CC2)c1. The number of piperidine rings is 1. The van der Waals surface area contributed by atoms with Gasteiger partial charge in [-0.2, -0.15) is 0 Å². The summed E-state index contributed by atoms with van der Waals surface area (Å²) in [5, 5.41) is 0. The van der Waals surface area contributed by atoms with Gasteiger partial charge in [0.25, 0.3) is 0 Å². The molecule has 2 aromatic carbocycles. The molecule has 0 radical (unpaired) electrons. The van der Waals surface area contributed by atoms with Crippen LogP contribution in [0.4, 0.5) is 0 Å². The molecule has 0 aromatic heterocycles. The van der Waals surface area contributed by atoms with E-state index >= 15 is 0 Å². The van der Waals surface area contributed by atoms with Crippen molar-refractivity contribution in [3.63, 3.8) is 0 Å². The Morgan fingerprint density at radius 2 is 1.68 bits per heavy atom. The van der Waals surface area contributed by atoms with Gasteiger partial charge in [0.1, 0.15) is 11.9 Å². The summed E-state index contributed by atoms with van der Waals surface area (Å²) in [5.74, 6) is 0.947. The zero-order valence-corrected chi connectivity index (χ0v) is 15.4. The summed E-state index contributed by atoms with van der Waals surface area (Å²) >= 11 is 0. The predicted molar refractivity (Wildman–Crippen MR) is 100 cm³/mol. The van der Waals surface area contributed by atoms with Crippen molar-refractivity contribution < 1.29 is 13.2 Å². The summed E-state index contributed by atoms with van der Waals surface area (Å²) in [5.41, 5.74) is 2.08. The van der Waals surface area contributed by atoms with Crippen molar-refractivity contribution in [2.45, 2.75) is 38.0 Å². The lowest BCUT2D eigenvalue weighted by Gasteiger charge is -2.31. The standard InChI is InChI=1S/C20H25NO3S/c1-2-17-9-6-10-20(15-17)24-19-11-13-21(14-12-19)25(22,23)16-18-7-4-3-5-8-18/h3-10,15,19H,2,11-14,16H2,1H3. The summed E-state index contributed by atoms with van der Waals surface area (Å²) in [6.07, 6.45) is 2.51. The molecule has 0 unspecified atom stereocenters. The fourth-order valence-corrected chi connectivity index (χ4v) is 4.70. The number of hydrogen-bond acceptors (Lipinski definition) is 3. The highest BCUT2D eigenvalue weighted by atomic mass is 32.2. The molecular weight excluding hydrogens is 334 g/mol. The van der Waals surface area contributed by atoms with Crippen molar-refractivity contribution in [1.82, 2.24) is 4.31 Å². The van der Waals surface area contributed by atoms with Crippen LogP contribution in [-0.2, 0) is 22.2 Å². The number of rotatable bonds is 6. The normalized spacial score (nSPS) is 16.7. The summed E-state index contributed by atoms with van der Waals surface area (Å²) in [7, 11) is -3.27. The third kappa shape index (κ3) is 4.83. The lowest BCUT2D eigenvalue weighted by molar-refractivity contribution is 0.135. The van der Waals surface area contributed by atoms with E-state index in [2.05, 4.69) is 19.1 Å². The second kappa shape index (κ2) is 8.02. The maximum Gasteiger partial charge on any atom is 0.218 e. The number of benzene rings is 2. The third-order valence-corrected chi connectivity index (χ3v) is 6.45.